The Labute approximate surface area is 203 Å². The average molecular weight is 532 g/mol. The summed E-state index contributed by atoms with van der Waals surface area (Å²) in [6.45, 7) is 1.28. The molecule has 2 aliphatic rings. The molecule has 0 bridgehead atoms. The van der Waals surface area contributed by atoms with Crippen LogP contribution in [0.2, 0.25) is 5.02 Å². The maximum Gasteiger partial charge on any atom is 0.338 e. The number of esters is 1. The monoisotopic (exact) mass is 530 g/mol. The fourth-order valence-electron chi connectivity index (χ4n) is 3.99. The van der Waals surface area contributed by atoms with Crippen LogP contribution in [0.3, 0.4) is 0 Å². The number of fused-ring (bicyclic) bond motifs is 1. The van der Waals surface area contributed by atoms with Crippen LogP contribution in [0.5, 0.6) is 0 Å². The maximum atomic E-state index is 12.7. The highest BCUT2D eigenvalue weighted by Crippen LogP contribution is 2.37. The molecule has 0 aromatic heterocycles. The molecular formula is C24H20BrClN2O5. The standard InChI is InChI=1S/C24H20BrClN2O5/c1-13-19(11-10-18(25)21(13)26)27-20(29)12-33-24(32)14-6-8-15(9-7-14)28-22(30)16-4-2-3-5-17(16)23(28)31/h2-3,6-11,16-17H,4-5,12H2,1H3,(H,27,29)/t16-,17-/m1/s1. The van der Waals surface area contributed by atoms with Gasteiger partial charge in [0.25, 0.3) is 5.91 Å². The number of amides is 3. The van der Waals surface area contributed by atoms with Gasteiger partial charge < -0.3 is 10.1 Å². The van der Waals surface area contributed by atoms with Crippen LogP contribution in [-0.2, 0) is 19.1 Å². The largest absolute Gasteiger partial charge is 0.452 e. The lowest BCUT2D eigenvalue weighted by molar-refractivity contribution is -0.122. The van der Waals surface area contributed by atoms with Crippen molar-refractivity contribution in [1.29, 1.82) is 0 Å². The summed E-state index contributed by atoms with van der Waals surface area (Å²) in [6.07, 6.45) is 4.98. The quantitative estimate of drug-likeness (QED) is 0.344. The third kappa shape index (κ3) is 4.58. The van der Waals surface area contributed by atoms with E-state index in [-0.39, 0.29) is 29.2 Å². The smallest absolute Gasteiger partial charge is 0.338 e. The summed E-state index contributed by atoms with van der Waals surface area (Å²) in [4.78, 5) is 51.1. The van der Waals surface area contributed by atoms with Gasteiger partial charge >= 0.3 is 5.97 Å². The van der Waals surface area contributed by atoms with E-state index in [0.717, 1.165) is 0 Å². The summed E-state index contributed by atoms with van der Waals surface area (Å²) in [5.74, 6) is -2.29. The molecule has 0 spiro atoms. The Morgan fingerprint density at radius 3 is 2.27 bits per heavy atom. The third-order valence-corrected chi connectivity index (χ3v) is 7.19. The SMILES string of the molecule is Cc1c(NC(=O)COC(=O)c2ccc(N3C(=O)[C@@H]4CC=CC[C@H]4C3=O)cc2)ccc(Br)c1Cl. The molecule has 33 heavy (non-hydrogen) atoms. The molecule has 0 saturated carbocycles. The second kappa shape index (κ2) is 9.49. The number of anilines is 2. The van der Waals surface area contributed by atoms with Crippen molar-refractivity contribution >= 4 is 62.6 Å². The van der Waals surface area contributed by atoms with E-state index in [9.17, 15) is 19.2 Å². The number of imide groups is 1. The Bertz CT molecular complexity index is 1150. The van der Waals surface area contributed by atoms with Crippen molar-refractivity contribution in [1.82, 2.24) is 0 Å². The number of halogens is 2. The maximum absolute atomic E-state index is 12.7. The predicted octanol–water partition coefficient (Wildman–Crippen LogP) is 4.66. The first-order chi connectivity index (χ1) is 15.8. The molecule has 1 heterocycles. The molecule has 7 nitrogen and oxygen atoms in total. The van der Waals surface area contributed by atoms with Gasteiger partial charge in [0.15, 0.2) is 6.61 Å². The molecule has 2 atom stereocenters. The number of allylic oxidation sites excluding steroid dienone is 2. The molecule has 1 aliphatic carbocycles. The lowest BCUT2D eigenvalue weighted by atomic mass is 9.85. The van der Waals surface area contributed by atoms with Gasteiger partial charge in [0.05, 0.1) is 28.1 Å². The second-order valence-corrected chi connectivity index (χ2v) is 9.11. The van der Waals surface area contributed by atoms with Crippen LogP contribution >= 0.6 is 27.5 Å². The first kappa shape index (κ1) is 23.2. The molecule has 1 N–H and O–H groups in total. The van der Waals surface area contributed by atoms with E-state index in [1.54, 1.807) is 19.1 Å². The van der Waals surface area contributed by atoms with Gasteiger partial charge in [-0.2, -0.15) is 0 Å². The highest BCUT2D eigenvalue weighted by atomic mass is 79.9. The number of hydrogen-bond donors (Lipinski definition) is 1. The van der Waals surface area contributed by atoms with Crippen molar-refractivity contribution in [3.63, 3.8) is 0 Å². The number of carbonyl (C=O) groups is 4. The minimum Gasteiger partial charge on any atom is -0.452 e. The third-order valence-electron chi connectivity index (χ3n) is 5.82. The van der Waals surface area contributed by atoms with Gasteiger partial charge in [-0.1, -0.05) is 23.8 Å². The number of ether oxygens (including phenoxy) is 1. The second-order valence-electron chi connectivity index (χ2n) is 7.87. The van der Waals surface area contributed by atoms with E-state index in [4.69, 9.17) is 16.3 Å². The van der Waals surface area contributed by atoms with Crippen LogP contribution in [0.15, 0.2) is 53.0 Å². The van der Waals surface area contributed by atoms with E-state index >= 15 is 0 Å². The van der Waals surface area contributed by atoms with Crippen molar-refractivity contribution < 1.29 is 23.9 Å². The number of hydrogen-bond acceptors (Lipinski definition) is 5. The Morgan fingerprint density at radius 2 is 1.67 bits per heavy atom. The molecule has 1 fully saturated rings. The summed E-state index contributed by atoms with van der Waals surface area (Å²) >= 11 is 9.47. The number of benzene rings is 2. The van der Waals surface area contributed by atoms with Crippen LogP contribution in [-0.4, -0.2) is 30.3 Å². The van der Waals surface area contributed by atoms with Crippen LogP contribution in [0.1, 0.15) is 28.8 Å². The molecule has 3 amide bonds. The number of carbonyl (C=O) groups excluding carboxylic acids is 4. The van der Waals surface area contributed by atoms with Gasteiger partial charge in [0.1, 0.15) is 0 Å². The summed E-state index contributed by atoms with van der Waals surface area (Å²) < 4.78 is 5.80. The number of rotatable bonds is 5. The molecule has 2 aromatic rings. The van der Waals surface area contributed by atoms with E-state index < -0.39 is 18.5 Å². The first-order valence-corrected chi connectivity index (χ1v) is 11.5. The minimum atomic E-state index is -0.695. The fourth-order valence-corrected chi connectivity index (χ4v) is 4.58. The van der Waals surface area contributed by atoms with Gasteiger partial charge in [0.2, 0.25) is 11.8 Å². The topological polar surface area (TPSA) is 92.8 Å². The van der Waals surface area contributed by atoms with Crippen LogP contribution in [0.4, 0.5) is 11.4 Å². The molecule has 2 aromatic carbocycles. The van der Waals surface area contributed by atoms with Gasteiger partial charge in [-0.05, 0) is 77.7 Å². The Hall–Kier alpha value is -2.97. The van der Waals surface area contributed by atoms with E-state index in [1.807, 2.05) is 12.2 Å². The predicted molar refractivity (Wildman–Crippen MR) is 127 cm³/mol. The van der Waals surface area contributed by atoms with Gasteiger partial charge in [-0.15, -0.1) is 0 Å². The highest BCUT2D eigenvalue weighted by Gasteiger charge is 2.47. The highest BCUT2D eigenvalue weighted by molar-refractivity contribution is 9.10. The normalized spacial score (nSPS) is 19.4. The summed E-state index contributed by atoms with van der Waals surface area (Å²) in [7, 11) is 0. The zero-order chi connectivity index (χ0) is 23.7. The zero-order valence-electron chi connectivity index (χ0n) is 17.6. The lowest BCUT2D eigenvalue weighted by Gasteiger charge is -2.15. The van der Waals surface area contributed by atoms with Crippen molar-refractivity contribution in [3.05, 3.63) is 69.2 Å². The van der Waals surface area contributed by atoms with E-state index in [0.29, 0.717) is 39.3 Å². The minimum absolute atomic E-state index is 0.201. The molecule has 170 valence electrons. The van der Waals surface area contributed by atoms with E-state index in [1.165, 1.54) is 29.2 Å². The Kier molecular flexibility index (Phi) is 6.67. The van der Waals surface area contributed by atoms with E-state index in [2.05, 4.69) is 21.2 Å². The van der Waals surface area contributed by atoms with Crippen molar-refractivity contribution in [2.24, 2.45) is 11.8 Å². The van der Waals surface area contributed by atoms with Crippen LogP contribution in [0.25, 0.3) is 0 Å². The lowest BCUT2D eigenvalue weighted by Crippen LogP contribution is -2.30. The van der Waals surface area contributed by atoms with Crippen molar-refractivity contribution in [3.8, 4) is 0 Å². The van der Waals surface area contributed by atoms with Gasteiger partial charge in [-0.3, -0.25) is 19.3 Å². The van der Waals surface area contributed by atoms with Crippen molar-refractivity contribution in [2.45, 2.75) is 19.8 Å². The Balaban J connectivity index is 1.36. The first-order valence-electron chi connectivity index (χ1n) is 10.3. The number of nitrogens with zero attached hydrogens (tertiary/aromatic N) is 1. The summed E-state index contributed by atoms with van der Waals surface area (Å²) in [5, 5.41) is 3.14. The molecule has 9 heteroatoms. The summed E-state index contributed by atoms with van der Waals surface area (Å²) in [6, 6.07) is 9.40. The molecule has 1 saturated heterocycles. The summed E-state index contributed by atoms with van der Waals surface area (Å²) in [5.41, 5.74) is 1.82. The van der Waals surface area contributed by atoms with Crippen molar-refractivity contribution in [2.75, 3.05) is 16.8 Å². The molecular weight excluding hydrogens is 512 g/mol. The zero-order valence-corrected chi connectivity index (χ0v) is 20.0. The van der Waals surface area contributed by atoms with Crippen LogP contribution < -0.4 is 10.2 Å². The van der Waals surface area contributed by atoms with Crippen LogP contribution in [0, 0.1) is 18.8 Å². The molecule has 0 unspecified atom stereocenters. The number of nitrogens with one attached hydrogen (secondary N) is 1. The molecule has 0 radical (unpaired) electrons. The van der Waals surface area contributed by atoms with Gasteiger partial charge in [-0.25, -0.2) is 4.79 Å². The fraction of sp³-hybridized carbons (Fsp3) is 0.250. The average Bonchev–Trinajstić information content (AvgIpc) is 3.08. The Morgan fingerprint density at radius 1 is 1.06 bits per heavy atom. The van der Waals surface area contributed by atoms with Gasteiger partial charge in [0, 0.05) is 10.2 Å². The molecule has 1 aliphatic heterocycles. The molecule has 4 rings (SSSR count).